The zero-order valence-corrected chi connectivity index (χ0v) is 12.0. The lowest BCUT2D eigenvalue weighted by Gasteiger charge is -2.32. The molecule has 0 saturated carbocycles. The summed E-state index contributed by atoms with van der Waals surface area (Å²) < 4.78 is 25.9. The smallest absolute Gasteiger partial charge is 0.216 e. The van der Waals surface area contributed by atoms with E-state index in [0.717, 1.165) is 24.4 Å². The van der Waals surface area contributed by atoms with E-state index >= 15 is 0 Å². The number of nitrogens with zero attached hydrogens (tertiary/aromatic N) is 2. The van der Waals surface area contributed by atoms with Crippen LogP contribution in [0.1, 0.15) is 44.1 Å². The summed E-state index contributed by atoms with van der Waals surface area (Å²) in [4.78, 5) is 7.54. The Kier molecular flexibility index (Phi) is 3.77. The van der Waals surface area contributed by atoms with E-state index in [2.05, 4.69) is 9.97 Å². The molecule has 18 heavy (non-hydrogen) atoms. The van der Waals surface area contributed by atoms with Crippen LogP contribution in [0.4, 0.5) is 0 Å². The summed E-state index contributed by atoms with van der Waals surface area (Å²) in [6.07, 6.45) is 3.69. The van der Waals surface area contributed by atoms with Crippen molar-refractivity contribution in [1.29, 1.82) is 0 Å². The van der Waals surface area contributed by atoms with Crippen LogP contribution in [-0.2, 0) is 10.0 Å². The summed E-state index contributed by atoms with van der Waals surface area (Å²) in [6, 6.07) is 0. The average Bonchev–Trinajstić information content (AvgIpc) is 2.76. The number of aromatic nitrogens is 2. The molecule has 0 bridgehead atoms. The minimum atomic E-state index is -3.14. The molecule has 1 aromatic rings. The monoisotopic (exact) mass is 271 g/mol. The van der Waals surface area contributed by atoms with Crippen molar-refractivity contribution in [1.82, 2.24) is 14.3 Å². The lowest BCUT2D eigenvalue weighted by Crippen LogP contribution is -2.42. The zero-order chi connectivity index (χ0) is 13.3. The molecule has 1 aliphatic rings. The number of sulfonamides is 1. The maximum absolute atomic E-state index is 12.2. The number of rotatable bonds is 3. The number of aromatic amines is 1. The molecule has 0 aliphatic carbocycles. The summed E-state index contributed by atoms with van der Waals surface area (Å²) in [5.74, 6) is 1.11. The van der Waals surface area contributed by atoms with Gasteiger partial charge in [0.15, 0.2) is 0 Å². The highest BCUT2D eigenvalue weighted by atomic mass is 32.2. The Morgan fingerprint density at radius 1 is 1.50 bits per heavy atom. The molecular formula is C12H21N3O2S. The Morgan fingerprint density at radius 2 is 2.22 bits per heavy atom. The molecule has 1 unspecified atom stereocenters. The number of imidazole rings is 1. The predicted molar refractivity (Wildman–Crippen MR) is 70.9 cm³/mol. The van der Waals surface area contributed by atoms with Crippen molar-refractivity contribution in [2.24, 2.45) is 0 Å². The molecule has 0 radical (unpaired) electrons. The van der Waals surface area contributed by atoms with Crippen LogP contribution in [0, 0.1) is 6.92 Å². The predicted octanol–water partition coefficient (Wildman–Crippen LogP) is 1.64. The lowest BCUT2D eigenvalue weighted by atomic mass is 9.99. The van der Waals surface area contributed by atoms with Crippen LogP contribution in [0.5, 0.6) is 0 Å². The van der Waals surface area contributed by atoms with E-state index in [1.54, 1.807) is 24.3 Å². The molecule has 1 aliphatic heterocycles. The third kappa shape index (κ3) is 2.59. The van der Waals surface area contributed by atoms with E-state index in [1.807, 2.05) is 6.92 Å². The SMILES string of the molecule is Cc1cnc(C2CCCN(S(=O)(=O)C(C)C)C2)[nH]1. The first kappa shape index (κ1) is 13.5. The second kappa shape index (κ2) is 5.01. The molecule has 1 saturated heterocycles. The van der Waals surface area contributed by atoms with Gasteiger partial charge in [-0.1, -0.05) is 0 Å². The molecule has 1 atom stereocenters. The summed E-state index contributed by atoms with van der Waals surface area (Å²) in [5, 5.41) is -0.352. The van der Waals surface area contributed by atoms with Crippen LogP contribution >= 0.6 is 0 Å². The fourth-order valence-electron chi connectivity index (χ4n) is 2.34. The quantitative estimate of drug-likeness (QED) is 0.908. The Labute approximate surface area is 109 Å². The van der Waals surface area contributed by atoms with Gasteiger partial charge in [-0.05, 0) is 33.6 Å². The van der Waals surface area contributed by atoms with Gasteiger partial charge in [-0.3, -0.25) is 0 Å². The topological polar surface area (TPSA) is 66.1 Å². The van der Waals surface area contributed by atoms with E-state index in [0.29, 0.717) is 13.1 Å². The molecule has 5 nitrogen and oxygen atoms in total. The van der Waals surface area contributed by atoms with Gasteiger partial charge in [0.2, 0.25) is 10.0 Å². The first-order chi connectivity index (χ1) is 8.41. The van der Waals surface area contributed by atoms with Gasteiger partial charge in [-0.15, -0.1) is 0 Å². The van der Waals surface area contributed by atoms with E-state index in [-0.39, 0.29) is 11.2 Å². The summed E-state index contributed by atoms with van der Waals surface area (Å²) >= 11 is 0. The molecule has 1 fully saturated rings. The van der Waals surface area contributed by atoms with Crippen molar-refractivity contribution >= 4 is 10.0 Å². The molecular weight excluding hydrogens is 250 g/mol. The maximum atomic E-state index is 12.2. The Balaban J connectivity index is 2.14. The van der Waals surface area contributed by atoms with E-state index < -0.39 is 10.0 Å². The molecule has 2 rings (SSSR count). The number of aryl methyl sites for hydroxylation is 1. The molecule has 6 heteroatoms. The number of nitrogens with one attached hydrogen (secondary N) is 1. The van der Waals surface area contributed by atoms with Gasteiger partial charge in [0.25, 0.3) is 0 Å². The van der Waals surface area contributed by atoms with Gasteiger partial charge in [0.1, 0.15) is 5.82 Å². The van der Waals surface area contributed by atoms with Crippen molar-refractivity contribution in [3.05, 3.63) is 17.7 Å². The average molecular weight is 271 g/mol. The van der Waals surface area contributed by atoms with Gasteiger partial charge in [-0.2, -0.15) is 0 Å². The van der Waals surface area contributed by atoms with Crippen molar-refractivity contribution in [3.63, 3.8) is 0 Å². The fraction of sp³-hybridized carbons (Fsp3) is 0.750. The van der Waals surface area contributed by atoms with Crippen LogP contribution in [0.25, 0.3) is 0 Å². The third-order valence-electron chi connectivity index (χ3n) is 3.45. The maximum Gasteiger partial charge on any atom is 0.216 e. The first-order valence-corrected chi connectivity index (χ1v) is 7.92. The number of hydrogen-bond donors (Lipinski definition) is 1. The van der Waals surface area contributed by atoms with Crippen molar-refractivity contribution in [2.75, 3.05) is 13.1 Å². The van der Waals surface area contributed by atoms with Crippen LogP contribution in [0.2, 0.25) is 0 Å². The van der Waals surface area contributed by atoms with Crippen molar-refractivity contribution in [2.45, 2.75) is 44.8 Å². The molecule has 1 aromatic heterocycles. The number of piperidine rings is 1. The normalized spacial score (nSPS) is 22.6. The summed E-state index contributed by atoms with van der Waals surface area (Å²) in [7, 11) is -3.14. The minimum Gasteiger partial charge on any atom is -0.346 e. The van der Waals surface area contributed by atoms with Gasteiger partial charge in [0.05, 0.1) is 5.25 Å². The first-order valence-electron chi connectivity index (χ1n) is 6.41. The molecule has 0 aromatic carbocycles. The second-order valence-corrected chi connectivity index (χ2v) is 7.73. The van der Waals surface area contributed by atoms with Crippen LogP contribution < -0.4 is 0 Å². The van der Waals surface area contributed by atoms with E-state index in [9.17, 15) is 8.42 Å². The Hall–Kier alpha value is -0.880. The highest BCUT2D eigenvalue weighted by Gasteiger charge is 2.32. The van der Waals surface area contributed by atoms with Crippen LogP contribution in [0.15, 0.2) is 6.20 Å². The van der Waals surface area contributed by atoms with Gasteiger partial charge in [0, 0.05) is 30.9 Å². The zero-order valence-electron chi connectivity index (χ0n) is 11.2. The van der Waals surface area contributed by atoms with E-state index in [1.165, 1.54) is 0 Å². The van der Waals surface area contributed by atoms with E-state index in [4.69, 9.17) is 0 Å². The van der Waals surface area contributed by atoms with Crippen molar-refractivity contribution < 1.29 is 8.42 Å². The Morgan fingerprint density at radius 3 is 2.78 bits per heavy atom. The van der Waals surface area contributed by atoms with Crippen LogP contribution in [-0.4, -0.2) is 41.0 Å². The second-order valence-electron chi connectivity index (χ2n) is 5.24. The summed E-state index contributed by atoms with van der Waals surface area (Å²) in [5.41, 5.74) is 1.02. The molecule has 0 amide bonds. The minimum absolute atomic E-state index is 0.195. The number of H-pyrrole nitrogens is 1. The molecule has 0 spiro atoms. The third-order valence-corrected chi connectivity index (χ3v) is 5.69. The van der Waals surface area contributed by atoms with Crippen molar-refractivity contribution in [3.8, 4) is 0 Å². The molecule has 102 valence electrons. The van der Waals surface area contributed by atoms with Gasteiger partial charge in [-0.25, -0.2) is 17.7 Å². The Bertz CT molecular complexity index is 507. The highest BCUT2D eigenvalue weighted by molar-refractivity contribution is 7.89. The summed E-state index contributed by atoms with van der Waals surface area (Å²) in [6.45, 7) is 6.61. The highest BCUT2D eigenvalue weighted by Crippen LogP contribution is 2.27. The van der Waals surface area contributed by atoms with Crippen LogP contribution in [0.3, 0.4) is 0 Å². The number of hydrogen-bond acceptors (Lipinski definition) is 3. The largest absolute Gasteiger partial charge is 0.346 e. The fourth-order valence-corrected chi connectivity index (χ4v) is 3.70. The molecule has 2 heterocycles. The lowest BCUT2D eigenvalue weighted by molar-refractivity contribution is 0.308. The standard InChI is InChI=1S/C12H21N3O2S/c1-9(2)18(16,17)15-6-4-5-11(8-15)12-13-7-10(3)14-12/h7,9,11H,4-6,8H2,1-3H3,(H,13,14). The van der Waals surface area contributed by atoms with Gasteiger partial charge < -0.3 is 4.98 Å². The van der Waals surface area contributed by atoms with Gasteiger partial charge >= 0.3 is 0 Å². The molecule has 1 N–H and O–H groups in total.